The molecule has 1 aliphatic rings. The Morgan fingerprint density at radius 2 is 1.81 bits per heavy atom. The van der Waals surface area contributed by atoms with E-state index in [1.165, 1.54) is 0 Å². The van der Waals surface area contributed by atoms with Crippen LogP contribution in [0.3, 0.4) is 0 Å². The molecule has 0 unspecified atom stereocenters. The molecular formula is C19H16ClN3O3. The summed E-state index contributed by atoms with van der Waals surface area (Å²) in [5.41, 5.74) is 1.25. The molecule has 1 aliphatic heterocycles. The first-order chi connectivity index (χ1) is 12.6. The third-order valence-electron chi connectivity index (χ3n) is 4.60. The second-order valence-electron chi connectivity index (χ2n) is 6.14. The highest BCUT2D eigenvalue weighted by Gasteiger charge is 2.28. The maximum absolute atomic E-state index is 12.5. The third kappa shape index (κ3) is 2.73. The van der Waals surface area contributed by atoms with Crippen LogP contribution in [0.15, 0.2) is 58.1 Å². The average Bonchev–Trinajstić information content (AvgIpc) is 2.63. The van der Waals surface area contributed by atoms with E-state index in [9.17, 15) is 14.7 Å². The minimum Gasteiger partial charge on any atom is -0.494 e. The fourth-order valence-corrected chi connectivity index (χ4v) is 3.52. The van der Waals surface area contributed by atoms with Gasteiger partial charge in [-0.1, -0.05) is 35.9 Å². The summed E-state index contributed by atoms with van der Waals surface area (Å²) < 4.78 is 1.08. The summed E-state index contributed by atoms with van der Waals surface area (Å²) in [7, 11) is 0. The first-order valence-corrected chi connectivity index (χ1v) is 8.59. The van der Waals surface area contributed by atoms with Crippen LogP contribution in [0.5, 0.6) is 5.88 Å². The number of hydrogen-bond acceptors (Lipinski definition) is 4. The van der Waals surface area contributed by atoms with Crippen LogP contribution in [0.25, 0.3) is 5.69 Å². The van der Waals surface area contributed by atoms with Gasteiger partial charge < -0.3 is 10.4 Å². The third-order valence-corrected chi connectivity index (χ3v) is 4.86. The standard InChI is InChI=1S/C19H16ClN3O3/c20-12-5-7-13(8-6-12)23-18(25)15(17(24)22-19(23)26)16-14-4-2-1-3-11(14)9-10-21-16/h1-8,16,21,25H,9-10H2,(H,22,24,26)/t16-/m0/s1. The van der Waals surface area contributed by atoms with E-state index >= 15 is 0 Å². The zero-order valence-corrected chi connectivity index (χ0v) is 14.5. The first-order valence-electron chi connectivity index (χ1n) is 8.21. The van der Waals surface area contributed by atoms with E-state index in [2.05, 4.69) is 10.3 Å². The van der Waals surface area contributed by atoms with Crippen LogP contribution in [0.4, 0.5) is 0 Å². The number of hydrogen-bond donors (Lipinski definition) is 3. The summed E-state index contributed by atoms with van der Waals surface area (Å²) in [4.78, 5) is 27.1. The molecule has 2 aromatic carbocycles. The minimum absolute atomic E-state index is 0.117. The summed E-state index contributed by atoms with van der Waals surface area (Å²) in [6, 6.07) is 13.7. The zero-order valence-electron chi connectivity index (χ0n) is 13.7. The summed E-state index contributed by atoms with van der Waals surface area (Å²) in [6.07, 6.45) is 0.835. The summed E-state index contributed by atoms with van der Waals surface area (Å²) in [6.45, 7) is 0.667. The quantitative estimate of drug-likeness (QED) is 0.645. The molecule has 6 nitrogen and oxygen atoms in total. The van der Waals surface area contributed by atoms with E-state index in [1.54, 1.807) is 24.3 Å². The average molecular weight is 370 g/mol. The van der Waals surface area contributed by atoms with Crippen LogP contribution in [0, 0.1) is 0 Å². The maximum Gasteiger partial charge on any atom is 0.335 e. The number of nitrogens with zero attached hydrogens (tertiary/aromatic N) is 1. The Labute approximate surface area is 153 Å². The molecule has 3 aromatic rings. The van der Waals surface area contributed by atoms with Gasteiger partial charge in [-0.05, 0) is 41.8 Å². The molecule has 132 valence electrons. The van der Waals surface area contributed by atoms with Crippen molar-refractivity contribution in [2.75, 3.05) is 6.54 Å². The van der Waals surface area contributed by atoms with Gasteiger partial charge >= 0.3 is 5.69 Å². The number of aromatic hydroxyl groups is 1. The monoisotopic (exact) mass is 369 g/mol. The topological polar surface area (TPSA) is 87.1 Å². The number of H-pyrrole nitrogens is 1. The van der Waals surface area contributed by atoms with Crippen molar-refractivity contribution >= 4 is 11.6 Å². The summed E-state index contributed by atoms with van der Waals surface area (Å²) >= 11 is 5.90. The van der Waals surface area contributed by atoms with Crippen LogP contribution in [-0.2, 0) is 6.42 Å². The molecule has 0 spiro atoms. The molecule has 0 aliphatic carbocycles. The Morgan fingerprint density at radius 3 is 2.58 bits per heavy atom. The van der Waals surface area contributed by atoms with Crippen molar-refractivity contribution in [2.45, 2.75) is 12.5 Å². The maximum atomic E-state index is 12.5. The van der Waals surface area contributed by atoms with Crippen molar-refractivity contribution in [3.05, 3.63) is 91.1 Å². The summed E-state index contributed by atoms with van der Waals surface area (Å²) in [5, 5.41) is 14.6. The van der Waals surface area contributed by atoms with Crippen LogP contribution in [0.2, 0.25) is 5.02 Å². The van der Waals surface area contributed by atoms with Gasteiger partial charge in [0.25, 0.3) is 5.56 Å². The molecule has 7 heteroatoms. The van der Waals surface area contributed by atoms with Crippen LogP contribution < -0.4 is 16.6 Å². The number of rotatable bonds is 2. The lowest BCUT2D eigenvalue weighted by Gasteiger charge is -2.27. The SMILES string of the molecule is O=c1[nH]c(=O)n(-c2ccc(Cl)cc2)c(O)c1[C@H]1NCCc2ccccc21. The normalized spacial score (nSPS) is 16.3. The van der Waals surface area contributed by atoms with Crippen LogP contribution in [-0.4, -0.2) is 21.2 Å². The van der Waals surface area contributed by atoms with E-state index < -0.39 is 17.3 Å². The van der Waals surface area contributed by atoms with E-state index in [0.717, 1.165) is 22.1 Å². The largest absolute Gasteiger partial charge is 0.494 e. The lowest BCUT2D eigenvalue weighted by molar-refractivity contribution is 0.410. The lowest BCUT2D eigenvalue weighted by Crippen LogP contribution is -2.38. The van der Waals surface area contributed by atoms with Crippen molar-refractivity contribution in [2.24, 2.45) is 0 Å². The number of fused-ring (bicyclic) bond motifs is 1. The Kier molecular flexibility index (Phi) is 4.14. The smallest absolute Gasteiger partial charge is 0.335 e. The molecule has 1 aromatic heterocycles. The molecule has 0 amide bonds. The molecule has 1 atom stereocenters. The van der Waals surface area contributed by atoms with Gasteiger partial charge in [-0.3, -0.25) is 9.78 Å². The molecule has 4 rings (SSSR count). The molecule has 2 heterocycles. The highest BCUT2D eigenvalue weighted by Crippen LogP contribution is 2.31. The van der Waals surface area contributed by atoms with E-state index in [4.69, 9.17) is 11.6 Å². The molecule has 3 N–H and O–H groups in total. The first kappa shape index (κ1) is 16.6. The molecule has 0 saturated heterocycles. The van der Waals surface area contributed by atoms with Gasteiger partial charge in [0.05, 0.1) is 17.3 Å². The predicted molar refractivity (Wildman–Crippen MR) is 99.3 cm³/mol. The molecule has 26 heavy (non-hydrogen) atoms. The van der Waals surface area contributed by atoms with Crippen molar-refractivity contribution in [1.29, 1.82) is 0 Å². The van der Waals surface area contributed by atoms with E-state index in [1.807, 2.05) is 24.3 Å². The van der Waals surface area contributed by atoms with Crippen molar-refractivity contribution in [1.82, 2.24) is 14.9 Å². The second-order valence-corrected chi connectivity index (χ2v) is 6.58. The van der Waals surface area contributed by atoms with Gasteiger partial charge in [0, 0.05) is 11.6 Å². The number of aromatic amines is 1. The number of aromatic nitrogens is 2. The molecule has 0 radical (unpaired) electrons. The van der Waals surface area contributed by atoms with Crippen molar-refractivity contribution in [3.63, 3.8) is 0 Å². The molecular weight excluding hydrogens is 354 g/mol. The zero-order chi connectivity index (χ0) is 18.3. The van der Waals surface area contributed by atoms with Gasteiger partial charge in [0.1, 0.15) is 0 Å². The van der Waals surface area contributed by atoms with Gasteiger partial charge in [-0.2, -0.15) is 0 Å². The fraction of sp³-hybridized carbons (Fsp3) is 0.158. The fourth-order valence-electron chi connectivity index (χ4n) is 3.39. The Balaban J connectivity index is 1.94. The minimum atomic E-state index is -0.706. The van der Waals surface area contributed by atoms with Gasteiger partial charge in [-0.15, -0.1) is 0 Å². The van der Waals surface area contributed by atoms with Gasteiger partial charge in [0.2, 0.25) is 5.88 Å². The Morgan fingerprint density at radius 1 is 1.08 bits per heavy atom. The predicted octanol–water partition coefficient (Wildman–Crippen LogP) is 2.12. The number of nitrogens with one attached hydrogen (secondary N) is 2. The highest BCUT2D eigenvalue weighted by atomic mass is 35.5. The Bertz CT molecular complexity index is 1090. The molecule has 0 fully saturated rings. The van der Waals surface area contributed by atoms with E-state index in [0.29, 0.717) is 17.3 Å². The number of benzene rings is 2. The van der Waals surface area contributed by atoms with Crippen molar-refractivity contribution in [3.8, 4) is 11.6 Å². The van der Waals surface area contributed by atoms with Crippen LogP contribution in [0.1, 0.15) is 22.7 Å². The van der Waals surface area contributed by atoms with Crippen molar-refractivity contribution < 1.29 is 5.11 Å². The molecule has 0 saturated carbocycles. The number of halogens is 1. The summed E-state index contributed by atoms with van der Waals surface area (Å²) in [5.74, 6) is -0.379. The van der Waals surface area contributed by atoms with Gasteiger partial charge in [0.15, 0.2) is 0 Å². The molecule has 0 bridgehead atoms. The highest BCUT2D eigenvalue weighted by molar-refractivity contribution is 6.30. The van der Waals surface area contributed by atoms with Crippen LogP contribution >= 0.6 is 11.6 Å². The lowest BCUT2D eigenvalue weighted by atomic mass is 9.90. The van der Waals surface area contributed by atoms with Gasteiger partial charge in [-0.25, -0.2) is 9.36 Å². The second kappa shape index (κ2) is 6.48. The Hall–Kier alpha value is -2.83. The van der Waals surface area contributed by atoms with E-state index in [-0.39, 0.29) is 11.4 Å².